The molecule has 0 spiro atoms. The summed E-state index contributed by atoms with van der Waals surface area (Å²) in [7, 11) is 0. The molecule has 2 nitrogen and oxygen atoms in total. The number of halogens is 1. The zero-order valence-corrected chi connectivity index (χ0v) is 9.93. The molecule has 1 aromatic carbocycles. The van der Waals surface area contributed by atoms with Gasteiger partial charge in [-0.3, -0.25) is 5.32 Å². The van der Waals surface area contributed by atoms with Gasteiger partial charge in [-0.1, -0.05) is 41.1 Å². The van der Waals surface area contributed by atoms with Crippen molar-refractivity contribution in [1.82, 2.24) is 5.32 Å². The largest absolute Gasteiger partial charge is 0.296 e. The summed E-state index contributed by atoms with van der Waals surface area (Å²) in [6.07, 6.45) is 0. The summed E-state index contributed by atoms with van der Waals surface area (Å²) in [6.45, 7) is 4.65. The minimum atomic E-state index is -0.616. The minimum Gasteiger partial charge on any atom is -0.296 e. The maximum atomic E-state index is 9.16. The van der Waals surface area contributed by atoms with Crippen molar-refractivity contribution in [2.75, 3.05) is 6.54 Å². The molecule has 1 unspecified atom stereocenters. The molecule has 0 heterocycles. The van der Waals surface area contributed by atoms with Gasteiger partial charge >= 0.3 is 0 Å². The first kappa shape index (κ1) is 11.2. The first-order chi connectivity index (χ1) is 6.64. The summed E-state index contributed by atoms with van der Waals surface area (Å²) >= 11 is 3.45. The zero-order chi connectivity index (χ0) is 10.6. The second-order valence-corrected chi connectivity index (χ2v) is 4.10. The van der Waals surface area contributed by atoms with E-state index in [1.165, 1.54) is 0 Å². The number of rotatable bonds is 3. The van der Waals surface area contributed by atoms with Crippen LogP contribution in [0, 0.1) is 11.3 Å². The van der Waals surface area contributed by atoms with Gasteiger partial charge in [-0.15, -0.1) is 0 Å². The van der Waals surface area contributed by atoms with Crippen LogP contribution in [0.4, 0.5) is 0 Å². The molecule has 1 aromatic rings. The van der Waals surface area contributed by atoms with E-state index >= 15 is 0 Å². The number of hydrogen-bond acceptors (Lipinski definition) is 2. The van der Waals surface area contributed by atoms with Crippen LogP contribution in [0.3, 0.4) is 0 Å². The third-order valence-corrected chi connectivity index (χ3v) is 2.86. The average Bonchev–Trinajstić information content (AvgIpc) is 2.18. The van der Waals surface area contributed by atoms with Crippen LogP contribution in [0.15, 0.2) is 28.7 Å². The molecular weight excluding hydrogens is 240 g/mol. The summed E-state index contributed by atoms with van der Waals surface area (Å²) in [5.74, 6) is 0. The van der Waals surface area contributed by atoms with Crippen LogP contribution in [-0.4, -0.2) is 6.54 Å². The van der Waals surface area contributed by atoms with Gasteiger partial charge in [-0.25, -0.2) is 0 Å². The van der Waals surface area contributed by atoms with Crippen molar-refractivity contribution >= 4 is 15.9 Å². The van der Waals surface area contributed by atoms with Crippen molar-refractivity contribution in [2.24, 2.45) is 0 Å². The van der Waals surface area contributed by atoms with Gasteiger partial charge in [0, 0.05) is 10.0 Å². The molecule has 1 rings (SSSR count). The van der Waals surface area contributed by atoms with E-state index in [9.17, 15) is 0 Å². The van der Waals surface area contributed by atoms with Gasteiger partial charge in [0.25, 0.3) is 0 Å². The Balaban J connectivity index is 3.14. The smallest absolute Gasteiger partial charge is 0.130 e. The predicted octanol–water partition coefficient (Wildman–Crippen LogP) is 2.80. The maximum absolute atomic E-state index is 9.16. The summed E-state index contributed by atoms with van der Waals surface area (Å²) in [4.78, 5) is 0. The number of nitrogens with one attached hydrogen (secondary N) is 1. The topological polar surface area (TPSA) is 35.8 Å². The first-order valence-electron chi connectivity index (χ1n) is 4.55. The van der Waals surface area contributed by atoms with Gasteiger partial charge in [0.1, 0.15) is 5.54 Å². The highest BCUT2D eigenvalue weighted by molar-refractivity contribution is 9.10. The molecule has 0 bridgehead atoms. The van der Waals surface area contributed by atoms with Crippen LogP contribution < -0.4 is 5.32 Å². The van der Waals surface area contributed by atoms with Gasteiger partial charge in [0.2, 0.25) is 0 Å². The van der Waals surface area contributed by atoms with E-state index in [1.54, 1.807) is 0 Å². The molecule has 0 aliphatic carbocycles. The number of benzene rings is 1. The van der Waals surface area contributed by atoms with Gasteiger partial charge < -0.3 is 0 Å². The fourth-order valence-electron chi connectivity index (χ4n) is 1.42. The summed E-state index contributed by atoms with van der Waals surface area (Å²) in [6, 6.07) is 10.1. The average molecular weight is 253 g/mol. The number of nitrogens with zero attached hydrogens (tertiary/aromatic N) is 1. The van der Waals surface area contributed by atoms with Crippen LogP contribution in [0.5, 0.6) is 0 Å². The Morgan fingerprint density at radius 2 is 2.14 bits per heavy atom. The SMILES string of the molecule is CCNC(C)(C#N)c1ccccc1Br. The molecular formula is C11H13BrN2. The molecule has 0 saturated carbocycles. The fourth-order valence-corrected chi connectivity index (χ4v) is 2.10. The maximum Gasteiger partial charge on any atom is 0.130 e. The van der Waals surface area contributed by atoms with E-state index < -0.39 is 5.54 Å². The Bertz CT molecular complexity index is 357. The standard InChI is InChI=1S/C11H13BrN2/c1-3-14-11(2,8-13)9-6-4-5-7-10(9)12/h4-7,14H,3H2,1-2H3. The van der Waals surface area contributed by atoms with Gasteiger partial charge in [0.05, 0.1) is 6.07 Å². The van der Waals surface area contributed by atoms with Crippen LogP contribution in [0.1, 0.15) is 19.4 Å². The third-order valence-electron chi connectivity index (χ3n) is 2.17. The number of hydrogen-bond donors (Lipinski definition) is 1. The molecule has 0 amide bonds. The molecule has 0 fully saturated rings. The highest BCUT2D eigenvalue weighted by Crippen LogP contribution is 2.27. The molecule has 0 radical (unpaired) electrons. The normalized spacial score (nSPS) is 14.4. The zero-order valence-electron chi connectivity index (χ0n) is 8.34. The minimum absolute atomic E-state index is 0.616. The Kier molecular flexibility index (Phi) is 3.68. The Hall–Kier alpha value is -0.850. The van der Waals surface area contributed by atoms with E-state index in [2.05, 4.69) is 27.3 Å². The lowest BCUT2D eigenvalue weighted by Gasteiger charge is -2.24. The van der Waals surface area contributed by atoms with Gasteiger partial charge in [-0.2, -0.15) is 5.26 Å². The van der Waals surface area contributed by atoms with Crippen LogP contribution in [0.25, 0.3) is 0 Å². The van der Waals surface area contributed by atoms with Gasteiger partial charge in [0.15, 0.2) is 0 Å². The van der Waals surface area contributed by atoms with Crippen LogP contribution in [0.2, 0.25) is 0 Å². The molecule has 1 N–H and O–H groups in total. The lowest BCUT2D eigenvalue weighted by atomic mass is 9.94. The first-order valence-corrected chi connectivity index (χ1v) is 5.34. The molecule has 0 aromatic heterocycles. The van der Waals surface area contributed by atoms with E-state index in [1.807, 2.05) is 38.1 Å². The molecule has 0 aliphatic heterocycles. The lowest BCUT2D eigenvalue weighted by Crippen LogP contribution is -2.38. The lowest BCUT2D eigenvalue weighted by molar-refractivity contribution is 0.480. The van der Waals surface area contributed by atoms with E-state index in [4.69, 9.17) is 5.26 Å². The molecule has 74 valence electrons. The quantitative estimate of drug-likeness (QED) is 0.899. The summed E-state index contributed by atoms with van der Waals surface area (Å²) < 4.78 is 0.963. The van der Waals surface area contributed by atoms with Crippen molar-refractivity contribution in [1.29, 1.82) is 5.26 Å². The summed E-state index contributed by atoms with van der Waals surface area (Å²) in [5.41, 5.74) is 0.360. The number of nitriles is 1. The Morgan fingerprint density at radius 3 is 2.64 bits per heavy atom. The third kappa shape index (κ3) is 2.14. The molecule has 3 heteroatoms. The molecule has 1 atom stereocenters. The second-order valence-electron chi connectivity index (χ2n) is 3.25. The van der Waals surface area contributed by atoms with Crippen molar-refractivity contribution in [2.45, 2.75) is 19.4 Å². The second kappa shape index (κ2) is 4.59. The van der Waals surface area contributed by atoms with Crippen LogP contribution in [-0.2, 0) is 5.54 Å². The highest BCUT2D eigenvalue weighted by atomic mass is 79.9. The predicted molar refractivity (Wildman–Crippen MR) is 60.8 cm³/mol. The monoisotopic (exact) mass is 252 g/mol. The Labute approximate surface area is 93.1 Å². The van der Waals surface area contributed by atoms with Crippen molar-refractivity contribution in [3.63, 3.8) is 0 Å². The summed E-state index contributed by atoms with van der Waals surface area (Å²) in [5, 5.41) is 12.3. The molecule has 14 heavy (non-hydrogen) atoms. The van der Waals surface area contributed by atoms with Crippen LogP contribution >= 0.6 is 15.9 Å². The van der Waals surface area contributed by atoms with Crippen molar-refractivity contribution in [3.8, 4) is 6.07 Å². The van der Waals surface area contributed by atoms with Gasteiger partial charge in [-0.05, 0) is 19.5 Å². The van der Waals surface area contributed by atoms with E-state index in [-0.39, 0.29) is 0 Å². The molecule has 0 aliphatic rings. The highest BCUT2D eigenvalue weighted by Gasteiger charge is 2.26. The van der Waals surface area contributed by atoms with Crippen molar-refractivity contribution < 1.29 is 0 Å². The van der Waals surface area contributed by atoms with E-state index in [0.717, 1.165) is 16.6 Å². The van der Waals surface area contributed by atoms with Crippen molar-refractivity contribution in [3.05, 3.63) is 34.3 Å². The fraction of sp³-hybridized carbons (Fsp3) is 0.364. The Morgan fingerprint density at radius 1 is 1.50 bits per heavy atom. The molecule has 0 saturated heterocycles. The van der Waals surface area contributed by atoms with E-state index in [0.29, 0.717) is 0 Å².